The summed E-state index contributed by atoms with van der Waals surface area (Å²) in [5, 5.41) is 11.3. The van der Waals surface area contributed by atoms with Crippen molar-refractivity contribution < 1.29 is 14.7 Å². The predicted molar refractivity (Wildman–Crippen MR) is 82.1 cm³/mol. The number of carboxylic acids is 1. The van der Waals surface area contributed by atoms with Gasteiger partial charge < -0.3 is 14.8 Å². The number of amides is 1. The summed E-state index contributed by atoms with van der Waals surface area (Å²) in [6.45, 7) is 0.663. The predicted octanol–water partition coefficient (Wildman–Crippen LogP) is 1.69. The molecule has 0 saturated heterocycles. The van der Waals surface area contributed by atoms with Gasteiger partial charge in [-0.2, -0.15) is 0 Å². The first kappa shape index (κ1) is 14.8. The van der Waals surface area contributed by atoms with E-state index in [0.717, 1.165) is 24.9 Å². The lowest BCUT2D eigenvalue weighted by molar-refractivity contribution is -0.313. The van der Waals surface area contributed by atoms with Crippen molar-refractivity contribution in [2.75, 3.05) is 11.4 Å². The maximum atomic E-state index is 13.0. The molecule has 1 aliphatic carbocycles. The molecule has 0 N–H and O–H groups in total. The molecule has 4 nitrogen and oxygen atoms in total. The lowest BCUT2D eigenvalue weighted by atomic mass is 9.82. The molecule has 116 valence electrons. The summed E-state index contributed by atoms with van der Waals surface area (Å²) >= 11 is 0. The van der Waals surface area contributed by atoms with Gasteiger partial charge in [0.1, 0.15) is 0 Å². The van der Waals surface area contributed by atoms with Crippen molar-refractivity contribution in [1.82, 2.24) is 0 Å². The summed E-state index contributed by atoms with van der Waals surface area (Å²) in [4.78, 5) is 26.1. The molecule has 3 rings (SSSR count). The molecule has 1 amide bonds. The fraction of sp³-hybridized carbons (Fsp3) is 0.444. The molecule has 0 spiro atoms. The van der Waals surface area contributed by atoms with Crippen LogP contribution in [0.5, 0.6) is 0 Å². The normalized spacial score (nSPS) is 24.5. The van der Waals surface area contributed by atoms with Gasteiger partial charge in [-0.15, -0.1) is 0 Å². The van der Waals surface area contributed by atoms with E-state index in [-0.39, 0.29) is 5.91 Å². The minimum atomic E-state index is -1.12. The van der Waals surface area contributed by atoms with Crippen molar-refractivity contribution in [3.05, 3.63) is 42.0 Å². The Kier molecular flexibility index (Phi) is 4.27. The number of benzene rings is 1. The molecule has 0 bridgehead atoms. The molecule has 0 fully saturated rings. The number of carboxylic acid groups (broad SMARTS) is 1. The molecule has 0 saturated carbocycles. The molecule has 1 aromatic carbocycles. The number of nitrogens with zero attached hydrogens (tertiary/aromatic N) is 1. The van der Waals surface area contributed by atoms with Crippen LogP contribution in [0.4, 0.5) is 5.69 Å². The molecule has 0 aromatic heterocycles. The number of para-hydroxylation sites is 1. The van der Waals surface area contributed by atoms with Crippen LogP contribution in [0, 0.1) is 11.8 Å². The van der Waals surface area contributed by atoms with Crippen LogP contribution in [0.15, 0.2) is 36.4 Å². The third-order valence-corrected chi connectivity index (χ3v) is 4.68. The van der Waals surface area contributed by atoms with Crippen molar-refractivity contribution in [3.63, 3.8) is 0 Å². The van der Waals surface area contributed by atoms with Crippen LogP contribution in [0.25, 0.3) is 0 Å². The summed E-state index contributed by atoms with van der Waals surface area (Å²) in [6, 6.07) is 7.94. The number of carbonyl (C=O) groups is 2. The number of aliphatic carboxylic acids is 1. The Bertz CT molecular complexity index is 608. The zero-order chi connectivity index (χ0) is 15.5. The molecule has 0 radical (unpaired) electrons. The minimum absolute atomic E-state index is 0.0760. The number of hydrogen-bond donors (Lipinski definition) is 0. The number of anilines is 1. The Labute approximate surface area is 130 Å². The Morgan fingerprint density at radius 2 is 1.77 bits per heavy atom. The van der Waals surface area contributed by atoms with E-state index < -0.39 is 17.8 Å². The van der Waals surface area contributed by atoms with Gasteiger partial charge in [-0.05, 0) is 43.7 Å². The van der Waals surface area contributed by atoms with Crippen molar-refractivity contribution in [1.29, 1.82) is 0 Å². The highest BCUT2D eigenvalue weighted by Crippen LogP contribution is 2.32. The largest absolute Gasteiger partial charge is 0.550 e. The van der Waals surface area contributed by atoms with E-state index >= 15 is 0 Å². The molecule has 4 heteroatoms. The third-order valence-electron chi connectivity index (χ3n) is 4.68. The van der Waals surface area contributed by atoms with Crippen LogP contribution in [0.3, 0.4) is 0 Å². The van der Waals surface area contributed by atoms with Gasteiger partial charge in [-0.25, -0.2) is 0 Å². The fourth-order valence-electron chi connectivity index (χ4n) is 3.47. The zero-order valence-electron chi connectivity index (χ0n) is 12.5. The first-order chi connectivity index (χ1) is 10.7. The number of allylic oxidation sites excluding steroid dienone is 2. The van der Waals surface area contributed by atoms with Gasteiger partial charge in [0.25, 0.3) is 0 Å². The number of carbonyl (C=O) groups excluding carboxylic acids is 2. The van der Waals surface area contributed by atoms with Gasteiger partial charge in [0.2, 0.25) is 5.91 Å². The molecule has 1 aliphatic heterocycles. The minimum Gasteiger partial charge on any atom is -0.550 e. The summed E-state index contributed by atoms with van der Waals surface area (Å²) in [5.74, 6) is -2.42. The Balaban J connectivity index is 1.91. The topological polar surface area (TPSA) is 60.4 Å². The SMILES string of the molecule is O=C([O-])[C@@H]1CC=CC[C@H]1C(=O)N1CCCCc2ccccc21. The first-order valence-corrected chi connectivity index (χ1v) is 7.93. The van der Waals surface area contributed by atoms with E-state index in [1.807, 2.05) is 30.4 Å². The van der Waals surface area contributed by atoms with Gasteiger partial charge in [0.05, 0.1) is 5.92 Å². The Morgan fingerprint density at radius 1 is 1.05 bits per heavy atom. The van der Waals surface area contributed by atoms with Gasteiger partial charge in [0.15, 0.2) is 0 Å². The average molecular weight is 298 g/mol. The van der Waals surface area contributed by atoms with Gasteiger partial charge in [-0.3, -0.25) is 4.79 Å². The van der Waals surface area contributed by atoms with E-state index in [0.29, 0.717) is 19.4 Å². The van der Waals surface area contributed by atoms with Crippen molar-refractivity contribution in [3.8, 4) is 0 Å². The molecule has 2 aliphatic rings. The Morgan fingerprint density at radius 3 is 2.55 bits per heavy atom. The molecule has 1 heterocycles. The highest BCUT2D eigenvalue weighted by molar-refractivity contribution is 5.98. The smallest absolute Gasteiger partial charge is 0.231 e. The highest BCUT2D eigenvalue weighted by atomic mass is 16.4. The summed E-state index contributed by atoms with van der Waals surface area (Å²) in [6.07, 6.45) is 7.57. The van der Waals surface area contributed by atoms with Crippen LogP contribution in [-0.2, 0) is 16.0 Å². The van der Waals surface area contributed by atoms with Crippen molar-refractivity contribution in [2.24, 2.45) is 11.8 Å². The molecule has 1 aromatic rings. The van der Waals surface area contributed by atoms with Gasteiger partial charge in [0, 0.05) is 24.1 Å². The van der Waals surface area contributed by atoms with Gasteiger partial charge in [-0.1, -0.05) is 30.4 Å². The third kappa shape index (κ3) is 2.78. The van der Waals surface area contributed by atoms with E-state index in [9.17, 15) is 14.7 Å². The maximum Gasteiger partial charge on any atom is 0.231 e. The molecular formula is C18H20NO3-. The van der Waals surface area contributed by atoms with E-state index in [2.05, 4.69) is 6.07 Å². The fourth-order valence-corrected chi connectivity index (χ4v) is 3.47. The number of aryl methyl sites for hydroxylation is 1. The second-order valence-electron chi connectivity index (χ2n) is 6.05. The lowest BCUT2D eigenvalue weighted by Gasteiger charge is -2.33. The molecular weight excluding hydrogens is 278 g/mol. The summed E-state index contributed by atoms with van der Waals surface area (Å²) in [7, 11) is 0. The average Bonchev–Trinajstić information content (AvgIpc) is 2.76. The summed E-state index contributed by atoms with van der Waals surface area (Å²) in [5.41, 5.74) is 2.11. The zero-order valence-corrected chi connectivity index (χ0v) is 12.5. The lowest BCUT2D eigenvalue weighted by Crippen LogP contribution is -2.45. The van der Waals surface area contributed by atoms with E-state index in [4.69, 9.17) is 0 Å². The second-order valence-corrected chi connectivity index (χ2v) is 6.05. The van der Waals surface area contributed by atoms with E-state index in [1.54, 1.807) is 4.90 Å². The number of rotatable bonds is 2. The monoisotopic (exact) mass is 298 g/mol. The van der Waals surface area contributed by atoms with Gasteiger partial charge >= 0.3 is 0 Å². The highest BCUT2D eigenvalue weighted by Gasteiger charge is 2.34. The summed E-state index contributed by atoms with van der Waals surface area (Å²) < 4.78 is 0. The van der Waals surface area contributed by atoms with Crippen molar-refractivity contribution >= 4 is 17.6 Å². The number of hydrogen-bond acceptors (Lipinski definition) is 3. The maximum absolute atomic E-state index is 13.0. The Hall–Kier alpha value is -2.10. The van der Waals surface area contributed by atoms with Crippen LogP contribution >= 0.6 is 0 Å². The molecule has 0 unspecified atom stereocenters. The van der Waals surface area contributed by atoms with E-state index in [1.165, 1.54) is 5.56 Å². The quantitative estimate of drug-likeness (QED) is 0.781. The molecule has 22 heavy (non-hydrogen) atoms. The number of fused-ring (bicyclic) bond motifs is 1. The van der Waals surface area contributed by atoms with Crippen LogP contribution in [-0.4, -0.2) is 18.4 Å². The first-order valence-electron chi connectivity index (χ1n) is 7.93. The molecule has 2 atom stereocenters. The van der Waals surface area contributed by atoms with Crippen LogP contribution in [0.1, 0.15) is 31.2 Å². The van der Waals surface area contributed by atoms with Crippen molar-refractivity contribution in [2.45, 2.75) is 32.1 Å². The standard InChI is InChI=1S/C18H21NO3/c20-17(14-9-2-3-10-15(14)18(21)22)19-12-6-5-8-13-7-1-4-11-16(13)19/h1-4,7,11,14-15H,5-6,8-10,12H2,(H,21,22)/p-1/t14-,15-/m1/s1. The van der Waals surface area contributed by atoms with Crippen LogP contribution in [0.2, 0.25) is 0 Å². The van der Waals surface area contributed by atoms with Crippen LogP contribution < -0.4 is 10.0 Å². The second kappa shape index (κ2) is 6.34.